The van der Waals surface area contributed by atoms with Crippen LogP contribution in [0.4, 0.5) is 0 Å². The van der Waals surface area contributed by atoms with Crippen LogP contribution in [-0.2, 0) is 14.8 Å². The molecule has 0 aliphatic carbocycles. The van der Waals surface area contributed by atoms with Crippen LogP contribution in [0.1, 0.15) is 36.9 Å². The van der Waals surface area contributed by atoms with Crippen molar-refractivity contribution in [2.24, 2.45) is 5.92 Å². The van der Waals surface area contributed by atoms with Crippen molar-refractivity contribution in [3.05, 3.63) is 65.7 Å². The van der Waals surface area contributed by atoms with Crippen LogP contribution in [-0.4, -0.2) is 25.1 Å². The summed E-state index contributed by atoms with van der Waals surface area (Å²) in [5.41, 5.74) is 1.99. The summed E-state index contributed by atoms with van der Waals surface area (Å²) in [6.07, 6.45) is 1.37. The van der Waals surface area contributed by atoms with Crippen LogP contribution in [0.15, 0.2) is 59.5 Å². The Bertz CT molecular complexity index is 844. The predicted molar refractivity (Wildman–Crippen MR) is 97.7 cm³/mol. The lowest BCUT2D eigenvalue weighted by Gasteiger charge is -2.38. The zero-order valence-corrected chi connectivity index (χ0v) is 15.4. The Hall–Kier alpha value is -1.98. The zero-order chi connectivity index (χ0) is 18.0. The maximum Gasteiger partial charge on any atom is 0.243 e. The minimum Gasteiger partial charge on any atom is -0.300 e. The molecule has 1 aliphatic heterocycles. The van der Waals surface area contributed by atoms with E-state index in [0.29, 0.717) is 6.42 Å². The normalized spacial score (nSPS) is 21.8. The number of rotatable bonds is 4. The van der Waals surface area contributed by atoms with Crippen molar-refractivity contribution in [2.75, 3.05) is 6.54 Å². The van der Waals surface area contributed by atoms with Gasteiger partial charge in [0.25, 0.3) is 0 Å². The van der Waals surface area contributed by atoms with Crippen LogP contribution in [0, 0.1) is 12.8 Å². The fourth-order valence-electron chi connectivity index (χ4n) is 3.39. The minimum absolute atomic E-state index is 0.0515. The Morgan fingerprint density at radius 2 is 1.64 bits per heavy atom. The first-order valence-corrected chi connectivity index (χ1v) is 9.97. The highest BCUT2D eigenvalue weighted by atomic mass is 32.2. The quantitative estimate of drug-likeness (QED) is 0.838. The van der Waals surface area contributed by atoms with E-state index in [1.54, 1.807) is 31.2 Å². The maximum atomic E-state index is 13.3. The van der Waals surface area contributed by atoms with Crippen molar-refractivity contribution in [2.45, 2.75) is 37.6 Å². The number of Topliss-reactive ketones (excluding diaryl/α,β-unsaturated/α-hetero) is 1. The standard InChI is InChI=1S/C20H23NO3S/c1-15-8-11-19(12-9-15)25(23,24)21-14-18(16(2)22)10-13-20(21)17-6-4-3-5-7-17/h3-9,11-12,18,20H,10,13-14H2,1-2H3/t18-,20+/m1/s1. The lowest BCUT2D eigenvalue weighted by atomic mass is 9.89. The molecule has 2 aromatic carbocycles. The van der Waals surface area contributed by atoms with Crippen molar-refractivity contribution in [1.29, 1.82) is 0 Å². The topological polar surface area (TPSA) is 54.5 Å². The first kappa shape index (κ1) is 17.8. The summed E-state index contributed by atoms with van der Waals surface area (Å²) in [4.78, 5) is 12.2. The molecule has 0 bridgehead atoms. The molecule has 4 nitrogen and oxygen atoms in total. The van der Waals surface area contributed by atoms with Crippen molar-refractivity contribution >= 4 is 15.8 Å². The van der Waals surface area contributed by atoms with E-state index in [1.165, 1.54) is 4.31 Å². The summed E-state index contributed by atoms with van der Waals surface area (Å²) < 4.78 is 28.0. The van der Waals surface area contributed by atoms with E-state index in [2.05, 4.69) is 0 Å². The van der Waals surface area contributed by atoms with Gasteiger partial charge in [-0.2, -0.15) is 4.31 Å². The Morgan fingerprint density at radius 3 is 2.24 bits per heavy atom. The summed E-state index contributed by atoms with van der Waals surface area (Å²) in [6.45, 7) is 3.71. The van der Waals surface area contributed by atoms with Crippen LogP contribution in [0.5, 0.6) is 0 Å². The van der Waals surface area contributed by atoms with Gasteiger partial charge in [0.15, 0.2) is 0 Å². The minimum atomic E-state index is -3.66. The third-order valence-corrected chi connectivity index (χ3v) is 6.81. The molecule has 2 atom stereocenters. The van der Waals surface area contributed by atoms with E-state index in [-0.39, 0.29) is 29.2 Å². The fourth-order valence-corrected chi connectivity index (χ4v) is 5.08. The van der Waals surface area contributed by atoms with Gasteiger partial charge in [0, 0.05) is 12.5 Å². The molecule has 1 aliphatic rings. The average Bonchev–Trinajstić information content (AvgIpc) is 2.62. The molecule has 0 aromatic heterocycles. The lowest BCUT2D eigenvalue weighted by Crippen LogP contribution is -2.43. The maximum absolute atomic E-state index is 13.3. The van der Waals surface area contributed by atoms with E-state index < -0.39 is 10.0 Å². The number of benzene rings is 2. The molecule has 1 fully saturated rings. The number of aryl methyl sites for hydroxylation is 1. The smallest absolute Gasteiger partial charge is 0.243 e. The molecule has 0 unspecified atom stereocenters. The van der Waals surface area contributed by atoms with Gasteiger partial charge in [-0.25, -0.2) is 8.42 Å². The summed E-state index contributed by atoms with van der Waals surface area (Å²) in [5.74, 6) is -0.184. The molecule has 1 saturated heterocycles. The van der Waals surface area contributed by atoms with Crippen LogP contribution in [0.3, 0.4) is 0 Å². The predicted octanol–water partition coefficient (Wildman–Crippen LogP) is 3.73. The number of nitrogens with zero attached hydrogens (tertiary/aromatic N) is 1. The molecule has 132 valence electrons. The molecule has 25 heavy (non-hydrogen) atoms. The summed E-state index contributed by atoms with van der Waals surface area (Å²) in [7, 11) is -3.66. The van der Waals surface area contributed by atoms with Gasteiger partial charge in [-0.1, -0.05) is 48.0 Å². The molecule has 0 saturated carbocycles. The SMILES string of the molecule is CC(=O)[C@@H]1CC[C@@H](c2ccccc2)N(S(=O)(=O)c2ccc(C)cc2)C1. The highest BCUT2D eigenvalue weighted by molar-refractivity contribution is 7.89. The zero-order valence-electron chi connectivity index (χ0n) is 14.6. The number of hydrogen-bond donors (Lipinski definition) is 0. The van der Waals surface area contributed by atoms with Crippen LogP contribution < -0.4 is 0 Å². The van der Waals surface area contributed by atoms with Crippen LogP contribution in [0.2, 0.25) is 0 Å². The van der Waals surface area contributed by atoms with Gasteiger partial charge in [0.1, 0.15) is 5.78 Å². The second-order valence-electron chi connectivity index (χ2n) is 6.70. The van der Waals surface area contributed by atoms with Gasteiger partial charge in [-0.05, 0) is 44.4 Å². The lowest BCUT2D eigenvalue weighted by molar-refractivity contribution is -0.122. The summed E-state index contributed by atoms with van der Waals surface area (Å²) >= 11 is 0. The molecule has 0 N–H and O–H groups in total. The Balaban J connectivity index is 2.02. The number of sulfonamides is 1. The van der Waals surface area contributed by atoms with Gasteiger partial charge < -0.3 is 0 Å². The summed E-state index contributed by atoms with van der Waals surface area (Å²) in [6, 6.07) is 16.3. The Labute approximate surface area is 149 Å². The molecular weight excluding hydrogens is 334 g/mol. The first-order chi connectivity index (χ1) is 11.9. The number of carbonyl (C=O) groups excluding carboxylic acids is 1. The largest absolute Gasteiger partial charge is 0.300 e. The van der Waals surface area contributed by atoms with Gasteiger partial charge in [0.2, 0.25) is 10.0 Å². The van der Waals surface area contributed by atoms with E-state index >= 15 is 0 Å². The number of ketones is 1. The van der Waals surface area contributed by atoms with E-state index in [1.807, 2.05) is 37.3 Å². The number of hydrogen-bond acceptors (Lipinski definition) is 3. The molecule has 2 aromatic rings. The Morgan fingerprint density at radius 1 is 1.00 bits per heavy atom. The first-order valence-electron chi connectivity index (χ1n) is 8.53. The van der Waals surface area contributed by atoms with E-state index in [9.17, 15) is 13.2 Å². The Kier molecular flexibility index (Phi) is 5.06. The fraction of sp³-hybridized carbons (Fsp3) is 0.350. The van der Waals surface area contributed by atoms with Crippen LogP contribution in [0.25, 0.3) is 0 Å². The monoisotopic (exact) mass is 357 g/mol. The molecule has 3 rings (SSSR count). The third kappa shape index (κ3) is 3.67. The summed E-state index contributed by atoms with van der Waals surface area (Å²) in [5, 5.41) is 0. The second-order valence-corrected chi connectivity index (χ2v) is 8.59. The van der Waals surface area contributed by atoms with Crippen molar-refractivity contribution < 1.29 is 13.2 Å². The highest BCUT2D eigenvalue weighted by Gasteiger charge is 2.39. The molecule has 0 radical (unpaired) electrons. The molecule has 0 amide bonds. The van der Waals surface area contributed by atoms with Crippen molar-refractivity contribution in [3.63, 3.8) is 0 Å². The van der Waals surface area contributed by atoms with Crippen molar-refractivity contribution in [1.82, 2.24) is 4.31 Å². The van der Waals surface area contributed by atoms with Gasteiger partial charge >= 0.3 is 0 Å². The molecule has 1 heterocycles. The van der Waals surface area contributed by atoms with Gasteiger partial charge in [-0.3, -0.25) is 4.79 Å². The molecule has 5 heteroatoms. The molecule has 0 spiro atoms. The second kappa shape index (κ2) is 7.10. The number of carbonyl (C=O) groups is 1. The van der Waals surface area contributed by atoms with Crippen molar-refractivity contribution in [3.8, 4) is 0 Å². The number of piperidine rings is 1. The van der Waals surface area contributed by atoms with Crippen LogP contribution >= 0.6 is 0 Å². The average molecular weight is 357 g/mol. The third-order valence-electron chi connectivity index (χ3n) is 4.92. The van der Waals surface area contributed by atoms with E-state index in [4.69, 9.17) is 0 Å². The highest BCUT2D eigenvalue weighted by Crippen LogP contribution is 2.37. The van der Waals surface area contributed by atoms with Gasteiger partial charge in [0.05, 0.1) is 10.9 Å². The molecular formula is C20H23NO3S. The van der Waals surface area contributed by atoms with E-state index in [0.717, 1.165) is 17.5 Å². The van der Waals surface area contributed by atoms with Gasteiger partial charge in [-0.15, -0.1) is 0 Å².